The molecule has 0 radical (unpaired) electrons. The van der Waals surface area contributed by atoms with Crippen LogP contribution in [0.4, 0.5) is 5.69 Å². The second-order valence-electron chi connectivity index (χ2n) is 5.05. The molecular formula is C16H19NO3S. The van der Waals surface area contributed by atoms with Gasteiger partial charge in [0.15, 0.2) is 0 Å². The third kappa shape index (κ3) is 3.09. The Hall–Kier alpha value is -1.85. The highest BCUT2D eigenvalue weighted by molar-refractivity contribution is 7.92. The molecule has 0 spiro atoms. The summed E-state index contributed by atoms with van der Waals surface area (Å²) in [6.45, 7) is 3.61. The normalized spacial score (nSPS) is 11.4. The van der Waals surface area contributed by atoms with Crippen molar-refractivity contribution in [3.05, 3.63) is 59.2 Å². The van der Waals surface area contributed by atoms with Gasteiger partial charge in [0, 0.05) is 7.05 Å². The van der Waals surface area contributed by atoms with Crippen molar-refractivity contribution in [3.8, 4) is 0 Å². The number of benzene rings is 2. The van der Waals surface area contributed by atoms with E-state index in [9.17, 15) is 13.5 Å². The predicted octanol–water partition coefficient (Wildman–Crippen LogP) is 2.62. The molecule has 0 aromatic heterocycles. The molecule has 0 saturated carbocycles. The molecule has 0 aliphatic carbocycles. The molecule has 112 valence electrons. The minimum Gasteiger partial charge on any atom is -0.392 e. The summed E-state index contributed by atoms with van der Waals surface area (Å²) in [5.41, 5.74) is 3.16. The zero-order valence-electron chi connectivity index (χ0n) is 12.4. The van der Waals surface area contributed by atoms with Crippen LogP contribution in [-0.2, 0) is 16.6 Å². The standard InChI is InChI=1S/C16H19NO3S/c1-12-4-7-15(8-5-12)17(3)21(19,20)16-9-6-13(2)14(10-16)11-18/h4-10,18H,11H2,1-3H3. The summed E-state index contributed by atoms with van der Waals surface area (Å²) in [5.74, 6) is 0. The van der Waals surface area contributed by atoms with E-state index in [4.69, 9.17) is 0 Å². The second kappa shape index (κ2) is 5.87. The molecule has 0 saturated heterocycles. The van der Waals surface area contributed by atoms with Crippen LogP contribution in [-0.4, -0.2) is 20.6 Å². The molecule has 0 aliphatic rings. The van der Waals surface area contributed by atoms with Crippen LogP contribution in [0.2, 0.25) is 0 Å². The van der Waals surface area contributed by atoms with Crippen molar-refractivity contribution < 1.29 is 13.5 Å². The first-order valence-electron chi connectivity index (χ1n) is 6.62. The van der Waals surface area contributed by atoms with Crippen LogP contribution in [0.25, 0.3) is 0 Å². The number of hydrogen-bond donors (Lipinski definition) is 1. The third-order valence-electron chi connectivity index (χ3n) is 3.55. The van der Waals surface area contributed by atoms with Crippen LogP contribution in [0.15, 0.2) is 47.4 Å². The fourth-order valence-corrected chi connectivity index (χ4v) is 3.28. The van der Waals surface area contributed by atoms with Crippen molar-refractivity contribution in [2.45, 2.75) is 25.3 Å². The van der Waals surface area contributed by atoms with Crippen LogP contribution < -0.4 is 4.31 Å². The third-order valence-corrected chi connectivity index (χ3v) is 5.33. The van der Waals surface area contributed by atoms with E-state index in [0.29, 0.717) is 11.3 Å². The number of aliphatic hydroxyl groups is 1. The Bertz CT molecular complexity index is 737. The number of anilines is 1. The lowest BCUT2D eigenvalue weighted by molar-refractivity contribution is 0.280. The number of aliphatic hydroxyl groups excluding tert-OH is 1. The Balaban J connectivity index is 2.43. The van der Waals surface area contributed by atoms with Gasteiger partial charge in [0.1, 0.15) is 0 Å². The van der Waals surface area contributed by atoms with Crippen molar-refractivity contribution in [2.75, 3.05) is 11.4 Å². The van der Waals surface area contributed by atoms with Crippen LogP contribution in [0.1, 0.15) is 16.7 Å². The van der Waals surface area contributed by atoms with Gasteiger partial charge in [0.05, 0.1) is 17.2 Å². The second-order valence-corrected chi connectivity index (χ2v) is 7.02. The molecule has 0 heterocycles. The Morgan fingerprint density at radius 3 is 2.24 bits per heavy atom. The van der Waals surface area contributed by atoms with Gasteiger partial charge in [-0.15, -0.1) is 0 Å². The van der Waals surface area contributed by atoms with Crippen molar-refractivity contribution in [1.29, 1.82) is 0 Å². The molecule has 2 rings (SSSR count). The molecule has 0 unspecified atom stereocenters. The van der Waals surface area contributed by atoms with Gasteiger partial charge in [-0.3, -0.25) is 4.31 Å². The van der Waals surface area contributed by atoms with E-state index in [1.54, 1.807) is 24.3 Å². The quantitative estimate of drug-likeness (QED) is 0.944. The minimum atomic E-state index is -3.63. The summed E-state index contributed by atoms with van der Waals surface area (Å²) in [6.07, 6.45) is 0. The monoisotopic (exact) mass is 305 g/mol. The summed E-state index contributed by atoms with van der Waals surface area (Å²) in [4.78, 5) is 0.181. The first kappa shape index (κ1) is 15.5. The molecule has 0 aliphatic heterocycles. The van der Waals surface area contributed by atoms with E-state index >= 15 is 0 Å². The van der Waals surface area contributed by atoms with Crippen molar-refractivity contribution in [3.63, 3.8) is 0 Å². The SMILES string of the molecule is Cc1ccc(N(C)S(=O)(=O)c2ccc(C)c(CO)c2)cc1. The first-order valence-corrected chi connectivity index (χ1v) is 8.06. The molecular weight excluding hydrogens is 286 g/mol. The maximum absolute atomic E-state index is 12.6. The summed E-state index contributed by atoms with van der Waals surface area (Å²) in [7, 11) is -2.11. The lowest BCUT2D eigenvalue weighted by atomic mass is 10.1. The van der Waals surface area contributed by atoms with Gasteiger partial charge in [0.2, 0.25) is 0 Å². The lowest BCUT2D eigenvalue weighted by Crippen LogP contribution is -2.26. The van der Waals surface area contributed by atoms with Gasteiger partial charge in [0.25, 0.3) is 10.0 Å². The first-order chi connectivity index (χ1) is 9.86. The molecule has 0 amide bonds. The van der Waals surface area contributed by atoms with Gasteiger partial charge in [-0.2, -0.15) is 0 Å². The molecule has 21 heavy (non-hydrogen) atoms. The van der Waals surface area contributed by atoms with E-state index in [0.717, 1.165) is 11.1 Å². The van der Waals surface area contributed by atoms with Crippen molar-refractivity contribution >= 4 is 15.7 Å². The smallest absolute Gasteiger partial charge is 0.264 e. The molecule has 4 nitrogen and oxygen atoms in total. The lowest BCUT2D eigenvalue weighted by Gasteiger charge is -2.20. The maximum Gasteiger partial charge on any atom is 0.264 e. The zero-order chi connectivity index (χ0) is 15.6. The Morgan fingerprint density at radius 2 is 1.67 bits per heavy atom. The van der Waals surface area contributed by atoms with Gasteiger partial charge in [-0.1, -0.05) is 23.8 Å². The molecule has 0 fully saturated rings. The zero-order valence-corrected chi connectivity index (χ0v) is 13.2. The van der Waals surface area contributed by atoms with E-state index in [1.165, 1.54) is 17.4 Å². The summed E-state index contributed by atoms with van der Waals surface area (Å²) in [6, 6.07) is 12.1. The average molecular weight is 305 g/mol. The predicted molar refractivity (Wildman–Crippen MR) is 83.9 cm³/mol. The van der Waals surface area contributed by atoms with Gasteiger partial charge >= 0.3 is 0 Å². The van der Waals surface area contributed by atoms with Gasteiger partial charge < -0.3 is 5.11 Å². The fourth-order valence-electron chi connectivity index (χ4n) is 2.03. The van der Waals surface area contributed by atoms with E-state index < -0.39 is 10.0 Å². The Labute approximate surface area is 125 Å². The molecule has 0 atom stereocenters. The number of hydrogen-bond acceptors (Lipinski definition) is 3. The highest BCUT2D eigenvalue weighted by atomic mass is 32.2. The van der Waals surface area contributed by atoms with Crippen LogP contribution in [0.3, 0.4) is 0 Å². The van der Waals surface area contributed by atoms with Crippen molar-refractivity contribution in [1.82, 2.24) is 0 Å². The highest BCUT2D eigenvalue weighted by Crippen LogP contribution is 2.24. The summed E-state index contributed by atoms with van der Waals surface area (Å²) < 4.78 is 26.5. The van der Waals surface area contributed by atoms with E-state index in [1.807, 2.05) is 26.0 Å². The average Bonchev–Trinajstić information content (AvgIpc) is 2.47. The van der Waals surface area contributed by atoms with Gasteiger partial charge in [-0.05, 0) is 49.2 Å². The molecule has 1 N–H and O–H groups in total. The molecule has 5 heteroatoms. The van der Waals surface area contributed by atoms with Crippen LogP contribution >= 0.6 is 0 Å². The minimum absolute atomic E-state index is 0.177. The highest BCUT2D eigenvalue weighted by Gasteiger charge is 2.21. The number of rotatable bonds is 4. The van der Waals surface area contributed by atoms with Crippen molar-refractivity contribution in [2.24, 2.45) is 0 Å². The molecule has 2 aromatic carbocycles. The topological polar surface area (TPSA) is 57.6 Å². The summed E-state index contributed by atoms with van der Waals surface area (Å²) >= 11 is 0. The van der Waals surface area contributed by atoms with Crippen LogP contribution in [0, 0.1) is 13.8 Å². The van der Waals surface area contributed by atoms with E-state index in [-0.39, 0.29) is 11.5 Å². The van der Waals surface area contributed by atoms with Crippen LogP contribution in [0.5, 0.6) is 0 Å². The van der Waals surface area contributed by atoms with E-state index in [2.05, 4.69) is 0 Å². The Morgan fingerprint density at radius 1 is 1.05 bits per heavy atom. The maximum atomic E-state index is 12.6. The largest absolute Gasteiger partial charge is 0.392 e. The van der Waals surface area contributed by atoms with Gasteiger partial charge in [-0.25, -0.2) is 8.42 Å². The summed E-state index contributed by atoms with van der Waals surface area (Å²) in [5, 5.41) is 9.29. The molecule has 2 aromatic rings. The number of aryl methyl sites for hydroxylation is 2. The fraction of sp³-hybridized carbons (Fsp3) is 0.250. The Kier molecular flexibility index (Phi) is 4.34. The molecule has 0 bridgehead atoms. The number of nitrogens with zero attached hydrogens (tertiary/aromatic N) is 1. The number of sulfonamides is 1.